The molecule has 0 aliphatic carbocycles. The highest BCUT2D eigenvalue weighted by Gasteiger charge is 2.27. The van der Waals surface area contributed by atoms with Crippen molar-refractivity contribution in [3.63, 3.8) is 0 Å². The van der Waals surface area contributed by atoms with Crippen LogP contribution in [0.3, 0.4) is 0 Å². The second-order valence-electron chi connectivity index (χ2n) is 7.26. The molecule has 3 aromatic rings. The fraction of sp³-hybridized carbons (Fsp3) is 0.333. The lowest BCUT2D eigenvalue weighted by Crippen LogP contribution is -2.40. The van der Waals surface area contributed by atoms with Crippen LogP contribution in [0.2, 0.25) is 0 Å². The van der Waals surface area contributed by atoms with Crippen LogP contribution >= 0.6 is 0 Å². The number of nitrogen functional groups attached to an aromatic ring is 2. The van der Waals surface area contributed by atoms with E-state index >= 15 is 0 Å². The molecule has 0 bridgehead atoms. The summed E-state index contributed by atoms with van der Waals surface area (Å²) in [5, 5.41) is 16.6. The molecule has 1 aliphatic heterocycles. The van der Waals surface area contributed by atoms with Gasteiger partial charge < -0.3 is 17.2 Å². The van der Waals surface area contributed by atoms with Crippen LogP contribution in [0.15, 0.2) is 24.5 Å². The fourth-order valence-corrected chi connectivity index (χ4v) is 3.84. The van der Waals surface area contributed by atoms with Crippen molar-refractivity contribution in [3.8, 4) is 11.3 Å². The van der Waals surface area contributed by atoms with E-state index in [0.29, 0.717) is 35.4 Å². The Morgan fingerprint density at radius 1 is 1.23 bits per heavy atom. The topological polar surface area (TPSA) is 185 Å². The van der Waals surface area contributed by atoms with Crippen molar-refractivity contribution in [1.29, 1.82) is 0 Å². The largest absolute Gasteiger partial charge is 0.393 e. The summed E-state index contributed by atoms with van der Waals surface area (Å²) in [6.07, 6.45) is 2.86. The third-order valence-electron chi connectivity index (χ3n) is 5.30. The lowest BCUT2D eigenvalue weighted by atomic mass is 10.1. The zero-order valence-corrected chi connectivity index (χ0v) is 16.1. The third kappa shape index (κ3) is 3.48. The Bertz CT molecular complexity index is 1140. The number of piperidine rings is 1. The van der Waals surface area contributed by atoms with Gasteiger partial charge in [0.2, 0.25) is 5.91 Å². The van der Waals surface area contributed by atoms with Gasteiger partial charge in [-0.1, -0.05) is 6.07 Å². The zero-order chi connectivity index (χ0) is 21.4. The number of hydrogen-bond donors (Lipinski definition) is 3. The summed E-state index contributed by atoms with van der Waals surface area (Å²) in [4.78, 5) is 32.4. The molecule has 30 heavy (non-hydrogen) atoms. The first-order valence-corrected chi connectivity index (χ1v) is 9.38. The Labute approximate surface area is 170 Å². The Kier molecular flexibility index (Phi) is 4.91. The quantitative estimate of drug-likeness (QED) is 0.308. The van der Waals surface area contributed by atoms with E-state index in [0.717, 1.165) is 12.8 Å². The van der Waals surface area contributed by atoms with Crippen molar-refractivity contribution in [3.05, 3.63) is 34.6 Å². The van der Waals surface area contributed by atoms with E-state index in [4.69, 9.17) is 22.3 Å². The van der Waals surface area contributed by atoms with Gasteiger partial charge in [0.05, 0.1) is 22.9 Å². The first-order valence-electron chi connectivity index (χ1n) is 9.38. The summed E-state index contributed by atoms with van der Waals surface area (Å²) < 4.78 is 1.80. The van der Waals surface area contributed by atoms with Gasteiger partial charge in [0, 0.05) is 24.7 Å². The van der Waals surface area contributed by atoms with Crippen LogP contribution in [0, 0.1) is 10.1 Å². The summed E-state index contributed by atoms with van der Waals surface area (Å²) in [6.45, 7) is 1.61. The molecule has 12 nitrogen and oxygen atoms in total. The van der Waals surface area contributed by atoms with Crippen LogP contribution in [0.5, 0.6) is 0 Å². The SMILES string of the molecule is NC(=O)CN1CCC(n2nc(-c3ccc(N)c([N+](=O)[O-])c3)c3c(N)ncnc32)CC1. The molecule has 1 fully saturated rings. The molecule has 0 unspecified atom stereocenters. The van der Waals surface area contributed by atoms with E-state index in [9.17, 15) is 14.9 Å². The number of amides is 1. The molecule has 2 aromatic heterocycles. The number of benzene rings is 1. The van der Waals surface area contributed by atoms with Crippen molar-refractivity contribution < 1.29 is 9.72 Å². The molecule has 4 rings (SSSR count). The van der Waals surface area contributed by atoms with Crippen molar-refractivity contribution in [2.75, 3.05) is 31.1 Å². The first kappa shape index (κ1) is 19.5. The standard InChI is InChI=1S/C18H21N9O3/c19-12-2-1-10(7-13(12)27(29)30)16-15-17(21)22-9-23-18(15)26(24-16)11-3-5-25(6-4-11)8-14(20)28/h1-2,7,9,11H,3-6,8,19H2,(H2,20,28)(H2,21,22,23). The highest BCUT2D eigenvalue weighted by Crippen LogP contribution is 2.36. The highest BCUT2D eigenvalue weighted by molar-refractivity contribution is 5.98. The maximum atomic E-state index is 11.3. The maximum absolute atomic E-state index is 11.3. The number of rotatable bonds is 5. The Morgan fingerprint density at radius 2 is 1.97 bits per heavy atom. The highest BCUT2D eigenvalue weighted by atomic mass is 16.6. The van der Waals surface area contributed by atoms with E-state index in [1.54, 1.807) is 10.7 Å². The number of fused-ring (bicyclic) bond motifs is 1. The Morgan fingerprint density at radius 3 is 2.63 bits per heavy atom. The molecule has 6 N–H and O–H groups in total. The number of likely N-dealkylation sites (tertiary alicyclic amines) is 1. The number of carbonyl (C=O) groups is 1. The summed E-state index contributed by atoms with van der Waals surface area (Å²) >= 11 is 0. The van der Waals surface area contributed by atoms with Crippen molar-refractivity contribution in [2.45, 2.75) is 18.9 Å². The first-order chi connectivity index (χ1) is 14.3. The molecule has 1 aromatic carbocycles. The normalized spacial score (nSPS) is 15.5. The molecule has 0 radical (unpaired) electrons. The van der Waals surface area contributed by atoms with Gasteiger partial charge in [0.1, 0.15) is 23.5 Å². The summed E-state index contributed by atoms with van der Waals surface area (Å²) in [5.74, 6) is -0.113. The smallest absolute Gasteiger partial charge is 0.292 e. The molecular weight excluding hydrogens is 390 g/mol. The number of nitro groups is 1. The monoisotopic (exact) mass is 411 g/mol. The number of nitro benzene ring substituents is 1. The Hall–Kier alpha value is -3.80. The van der Waals surface area contributed by atoms with Crippen LogP contribution in [0.4, 0.5) is 17.2 Å². The van der Waals surface area contributed by atoms with E-state index in [-0.39, 0.29) is 35.7 Å². The molecule has 1 saturated heterocycles. The summed E-state index contributed by atoms with van der Waals surface area (Å²) in [7, 11) is 0. The molecule has 0 spiro atoms. The minimum Gasteiger partial charge on any atom is -0.393 e. The molecule has 0 atom stereocenters. The van der Waals surface area contributed by atoms with Gasteiger partial charge in [-0.15, -0.1) is 0 Å². The minimum absolute atomic E-state index is 0.0310. The summed E-state index contributed by atoms with van der Waals surface area (Å²) in [6, 6.07) is 4.55. The molecule has 1 amide bonds. The van der Waals surface area contributed by atoms with Gasteiger partial charge in [-0.2, -0.15) is 5.10 Å². The van der Waals surface area contributed by atoms with Crippen LogP contribution < -0.4 is 17.2 Å². The fourth-order valence-electron chi connectivity index (χ4n) is 3.84. The van der Waals surface area contributed by atoms with Gasteiger partial charge in [-0.05, 0) is 18.9 Å². The molecule has 1 aliphatic rings. The summed E-state index contributed by atoms with van der Waals surface area (Å²) in [5.41, 5.74) is 18.5. The van der Waals surface area contributed by atoms with Gasteiger partial charge in [0.15, 0.2) is 5.65 Å². The molecular formula is C18H21N9O3. The predicted molar refractivity (Wildman–Crippen MR) is 110 cm³/mol. The van der Waals surface area contributed by atoms with Crippen LogP contribution in [-0.2, 0) is 4.79 Å². The van der Waals surface area contributed by atoms with Gasteiger partial charge in [-0.25, -0.2) is 14.6 Å². The Balaban J connectivity index is 1.76. The van der Waals surface area contributed by atoms with E-state index < -0.39 is 4.92 Å². The number of primary amides is 1. The number of hydrogen-bond acceptors (Lipinski definition) is 9. The van der Waals surface area contributed by atoms with Gasteiger partial charge in [-0.3, -0.25) is 19.8 Å². The third-order valence-corrected chi connectivity index (χ3v) is 5.30. The van der Waals surface area contributed by atoms with Crippen LogP contribution in [0.25, 0.3) is 22.3 Å². The number of aromatic nitrogens is 4. The average molecular weight is 411 g/mol. The predicted octanol–water partition coefficient (Wildman–Crippen LogP) is 0.688. The number of anilines is 2. The lowest BCUT2D eigenvalue weighted by molar-refractivity contribution is -0.383. The number of nitrogens with zero attached hydrogens (tertiary/aromatic N) is 6. The molecule has 3 heterocycles. The average Bonchev–Trinajstić information content (AvgIpc) is 3.09. The van der Waals surface area contributed by atoms with Crippen LogP contribution in [0.1, 0.15) is 18.9 Å². The van der Waals surface area contributed by atoms with Gasteiger partial charge in [0.25, 0.3) is 5.69 Å². The second kappa shape index (κ2) is 7.55. The van der Waals surface area contributed by atoms with E-state index in [2.05, 4.69) is 9.97 Å². The molecule has 156 valence electrons. The van der Waals surface area contributed by atoms with E-state index in [1.165, 1.54) is 18.5 Å². The van der Waals surface area contributed by atoms with Gasteiger partial charge >= 0.3 is 0 Å². The van der Waals surface area contributed by atoms with Crippen molar-refractivity contribution in [2.24, 2.45) is 5.73 Å². The molecule has 0 saturated carbocycles. The maximum Gasteiger partial charge on any atom is 0.292 e. The van der Waals surface area contributed by atoms with Crippen molar-refractivity contribution in [1.82, 2.24) is 24.6 Å². The van der Waals surface area contributed by atoms with E-state index in [1.807, 2.05) is 4.90 Å². The number of carbonyl (C=O) groups excluding carboxylic acids is 1. The lowest BCUT2D eigenvalue weighted by Gasteiger charge is -2.31. The second-order valence-corrected chi connectivity index (χ2v) is 7.26. The zero-order valence-electron chi connectivity index (χ0n) is 16.1. The van der Waals surface area contributed by atoms with Crippen molar-refractivity contribution >= 4 is 34.1 Å². The van der Waals surface area contributed by atoms with Crippen LogP contribution in [-0.4, -0.2) is 55.1 Å². The number of nitrogens with two attached hydrogens (primary N) is 3. The molecule has 12 heteroatoms. The minimum atomic E-state index is -0.535.